The van der Waals surface area contributed by atoms with E-state index in [1.807, 2.05) is 13.2 Å². The molecule has 1 aromatic heterocycles. The Labute approximate surface area is 189 Å². The van der Waals surface area contributed by atoms with Crippen molar-refractivity contribution in [2.24, 2.45) is 4.99 Å². The van der Waals surface area contributed by atoms with Crippen molar-refractivity contribution in [3.05, 3.63) is 35.8 Å². The molecule has 29 heavy (non-hydrogen) atoms. The molecule has 1 aliphatic heterocycles. The van der Waals surface area contributed by atoms with Crippen LogP contribution in [0.5, 0.6) is 0 Å². The molecule has 8 heteroatoms. The lowest BCUT2D eigenvalue weighted by Crippen LogP contribution is -2.47. The molecule has 0 unspecified atom stereocenters. The maximum atomic E-state index is 13.5. The number of nitrogens with one attached hydrogen (secondary N) is 2. The Morgan fingerprint density at radius 2 is 2.10 bits per heavy atom. The predicted molar refractivity (Wildman–Crippen MR) is 126 cm³/mol. The van der Waals surface area contributed by atoms with Crippen LogP contribution in [0.3, 0.4) is 0 Å². The lowest BCUT2D eigenvalue weighted by molar-refractivity contribution is 0.00992. The van der Waals surface area contributed by atoms with Gasteiger partial charge < -0.3 is 24.7 Å². The van der Waals surface area contributed by atoms with Gasteiger partial charge in [-0.05, 0) is 49.4 Å². The average Bonchev–Trinajstić information content (AvgIpc) is 3.11. The summed E-state index contributed by atoms with van der Waals surface area (Å²) in [5.41, 5.74) is 2.08. The van der Waals surface area contributed by atoms with E-state index in [9.17, 15) is 4.39 Å². The second-order valence-electron chi connectivity index (χ2n) is 7.13. The van der Waals surface area contributed by atoms with Gasteiger partial charge in [-0.25, -0.2) is 4.39 Å². The van der Waals surface area contributed by atoms with Crippen LogP contribution < -0.4 is 5.32 Å². The van der Waals surface area contributed by atoms with E-state index in [1.54, 1.807) is 19.2 Å². The standard InChI is InChI=1S/C21H31FN4O2.HI/c1-23-21(26-10-7-18(8-11-26)28-13-3-12-27-2)24-9-6-16-15-25-20-5-4-17(22)14-19(16)20;/h4-5,14-15,18,25H,3,6-13H2,1-2H3,(H,23,24);1H. The van der Waals surface area contributed by atoms with Gasteiger partial charge in [0.25, 0.3) is 0 Å². The molecule has 1 fully saturated rings. The first-order valence-electron chi connectivity index (χ1n) is 10.0. The van der Waals surface area contributed by atoms with E-state index < -0.39 is 0 Å². The predicted octanol–water partition coefficient (Wildman–Crippen LogP) is 3.56. The first-order chi connectivity index (χ1) is 13.7. The Morgan fingerprint density at radius 1 is 1.31 bits per heavy atom. The maximum absolute atomic E-state index is 13.5. The van der Waals surface area contributed by atoms with Crippen molar-refractivity contribution in [3.63, 3.8) is 0 Å². The van der Waals surface area contributed by atoms with Crippen LogP contribution in [-0.4, -0.2) is 69.0 Å². The van der Waals surface area contributed by atoms with Crippen LogP contribution in [0.2, 0.25) is 0 Å². The lowest BCUT2D eigenvalue weighted by atomic mass is 10.1. The molecule has 1 aromatic carbocycles. The number of halogens is 2. The van der Waals surface area contributed by atoms with Gasteiger partial charge in [-0.2, -0.15) is 0 Å². The average molecular weight is 518 g/mol. The van der Waals surface area contributed by atoms with Gasteiger partial charge in [-0.1, -0.05) is 0 Å². The van der Waals surface area contributed by atoms with Crippen LogP contribution in [0.4, 0.5) is 4.39 Å². The summed E-state index contributed by atoms with van der Waals surface area (Å²) in [7, 11) is 3.53. The van der Waals surface area contributed by atoms with E-state index in [4.69, 9.17) is 9.47 Å². The highest BCUT2D eigenvalue weighted by molar-refractivity contribution is 14.0. The Balaban J connectivity index is 0.00000300. The number of aromatic amines is 1. The van der Waals surface area contributed by atoms with Crippen molar-refractivity contribution in [1.29, 1.82) is 0 Å². The summed E-state index contributed by atoms with van der Waals surface area (Å²) >= 11 is 0. The van der Waals surface area contributed by atoms with Crippen LogP contribution in [0.25, 0.3) is 10.9 Å². The molecule has 2 N–H and O–H groups in total. The summed E-state index contributed by atoms with van der Waals surface area (Å²) in [5, 5.41) is 4.39. The molecule has 162 valence electrons. The van der Waals surface area contributed by atoms with Crippen LogP contribution in [0.1, 0.15) is 24.8 Å². The van der Waals surface area contributed by atoms with E-state index in [2.05, 4.69) is 20.2 Å². The highest BCUT2D eigenvalue weighted by Crippen LogP contribution is 2.19. The minimum absolute atomic E-state index is 0. The summed E-state index contributed by atoms with van der Waals surface area (Å²) in [5.74, 6) is 0.716. The number of likely N-dealkylation sites (tertiary alicyclic amines) is 1. The molecule has 1 saturated heterocycles. The number of hydrogen-bond donors (Lipinski definition) is 2. The number of H-pyrrole nitrogens is 1. The van der Waals surface area contributed by atoms with Crippen molar-refractivity contribution in [2.75, 3.05) is 47.0 Å². The van der Waals surface area contributed by atoms with Crippen molar-refractivity contribution in [1.82, 2.24) is 15.2 Å². The number of nitrogens with zero attached hydrogens (tertiary/aromatic N) is 2. The largest absolute Gasteiger partial charge is 0.385 e. The summed E-state index contributed by atoms with van der Waals surface area (Å²) in [6.07, 6.45) is 6.05. The Morgan fingerprint density at radius 3 is 2.83 bits per heavy atom. The number of rotatable bonds is 8. The number of methoxy groups -OCH3 is 1. The zero-order valence-electron chi connectivity index (χ0n) is 17.2. The van der Waals surface area contributed by atoms with Crippen molar-refractivity contribution < 1.29 is 13.9 Å². The molecule has 3 rings (SSSR count). The van der Waals surface area contributed by atoms with E-state index in [-0.39, 0.29) is 29.8 Å². The normalized spacial score (nSPS) is 15.6. The molecule has 0 saturated carbocycles. The van der Waals surface area contributed by atoms with E-state index in [0.29, 0.717) is 6.10 Å². The van der Waals surface area contributed by atoms with Gasteiger partial charge in [0.15, 0.2) is 5.96 Å². The van der Waals surface area contributed by atoms with Crippen molar-refractivity contribution >= 4 is 40.8 Å². The topological polar surface area (TPSA) is 61.9 Å². The van der Waals surface area contributed by atoms with E-state index >= 15 is 0 Å². The Kier molecular flexibility index (Phi) is 10.2. The van der Waals surface area contributed by atoms with Crippen LogP contribution >= 0.6 is 24.0 Å². The summed E-state index contributed by atoms with van der Waals surface area (Å²) in [6, 6.07) is 4.85. The number of aromatic nitrogens is 1. The number of hydrogen-bond acceptors (Lipinski definition) is 3. The molecule has 0 amide bonds. The maximum Gasteiger partial charge on any atom is 0.193 e. The molecule has 6 nitrogen and oxygen atoms in total. The van der Waals surface area contributed by atoms with E-state index in [1.165, 1.54) is 6.07 Å². The highest BCUT2D eigenvalue weighted by Gasteiger charge is 2.21. The highest BCUT2D eigenvalue weighted by atomic mass is 127. The van der Waals surface area contributed by atoms with Gasteiger partial charge in [0.2, 0.25) is 0 Å². The zero-order chi connectivity index (χ0) is 19.8. The number of benzene rings is 1. The smallest absolute Gasteiger partial charge is 0.193 e. The van der Waals surface area contributed by atoms with Gasteiger partial charge in [-0.15, -0.1) is 24.0 Å². The second-order valence-corrected chi connectivity index (χ2v) is 7.13. The first-order valence-corrected chi connectivity index (χ1v) is 10.0. The lowest BCUT2D eigenvalue weighted by Gasteiger charge is -2.34. The fraction of sp³-hybridized carbons (Fsp3) is 0.571. The van der Waals surface area contributed by atoms with Crippen LogP contribution in [-0.2, 0) is 15.9 Å². The fourth-order valence-corrected chi connectivity index (χ4v) is 3.69. The number of ether oxygens (including phenoxy) is 2. The minimum atomic E-state index is -0.204. The molecular weight excluding hydrogens is 486 g/mol. The van der Waals surface area contributed by atoms with Crippen molar-refractivity contribution in [2.45, 2.75) is 31.8 Å². The van der Waals surface area contributed by atoms with E-state index in [0.717, 1.165) is 81.0 Å². The quantitative estimate of drug-likeness (QED) is 0.243. The second kappa shape index (κ2) is 12.3. The van der Waals surface area contributed by atoms with Crippen molar-refractivity contribution in [3.8, 4) is 0 Å². The van der Waals surface area contributed by atoms with Gasteiger partial charge >= 0.3 is 0 Å². The number of fused-ring (bicyclic) bond motifs is 1. The third kappa shape index (κ3) is 6.82. The Bertz CT molecular complexity index is 775. The Hall–Kier alpha value is -1.39. The summed E-state index contributed by atoms with van der Waals surface area (Å²) in [6.45, 7) is 4.14. The molecule has 2 aromatic rings. The molecule has 0 bridgehead atoms. The molecule has 0 radical (unpaired) electrons. The number of guanidine groups is 1. The van der Waals surface area contributed by atoms with Crippen LogP contribution in [0, 0.1) is 5.82 Å². The molecule has 0 spiro atoms. The van der Waals surface area contributed by atoms with Gasteiger partial charge in [0.1, 0.15) is 5.82 Å². The zero-order valence-corrected chi connectivity index (χ0v) is 19.6. The number of piperidine rings is 1. The third-order valence-electron chi connectivity index (χ3n) is 5.21. The van der Waals surface area contributed by atoms with Crippen LogP contribution in [0.15, 0.2) is 29.4 Å². The van der Waals surface area contributed by atoms with Gasteiger partial charge in [-0.3, -0.25) is 4.99 Å². The fourth-order valence-electron chi connectivity index (χ4n) is 3.69. The minimum Gasteiger partial charge on any atom is -0.385 e. The summed E-state index contributed by atoms with van der Waals surface area (Å²) < 4.78 is 24.5. The molecular formula is C21H32FIN4O2. The monoisotopic (exact) mass is 518 g/mol. The van der Waals surface area contributed by atoms with Gasteiger partial charge in [0.05, 0.1) is 6.10 Å². The van der Waals surface area contributed by atoms with Gasteiger partial charge in [0, 0.05) is 64.1 Å². The first kappa shape index (κ1) is 23.9. The SMILES string of the molecule is CN=C(NCCc1c[nH]c2ccc(F)cc12)N1CCC(OCCCOC)CC1.I. The molecule has 2 heterocycles. The molecule has 0 aliphatic carbocycles. The number of aliphatic imine (C=N–C) groups is 1. The molecule has 1 aliphatic rings. The summed E-state index contributed by atoms with van der Waals surface area (Å²) in [4.78, 5) is 9.91. The molecule has 0 atom stereocenters. The third-order valence-corrected chi connectivity index (χ3v) is 5.21.